The highest BCUT2D eigenvalue weighted by molar-refractivity contribution is 9.10. The summed E-state index contributed by atoms with van der Waals surface area (Å²) in [5.74, 6) is 0. The van der Waals surface area contributed by atoms with Crippen molar-refractivity contribution in [3.05, 3.63) is 15.9 Å². The maximum Gasteiger partial charge on any atom is 0.0739 e. The molecule has 2 rings (SSSR count). The van der Waals surface area contributed by atoms with Gasteiger partial charge < -0.3 is 0 Å². The fourth-order valence-electron chi connectivity index (χ4n) is 2.44. The van der Waals surface area contributed by atoms with Crippen molar-refractivity contribution >= 4 is 15.9 Å². The number of aromatic nitrogens is 2. The molecule has 16 heavy (non-hydrogen) atoms. The second kappa shape index (κ2) is 4.88. The lowest BCUT2D eigenvalue weighted by Crippen LogP contribution is -2.27. The van der Waals surface area contributed by atoms with Crippen molar-refractivity contribution in [3.63, 3.8) is 0 Å². The first kappa shape index (κ1) is 12.1. The van der Waals surface area contributed by atoms with Crippen LogP contribution >= 0.6 is 15.9 Å². The van der Waals surface area contributed by atoms with E-state index in [4.69, 9.17) is 0 Å². The summed E-state index contributed by atoms with van der Waals surface area (Å²) < 4.78 is 3.30. The Balaban J connectivity index is 2.19. The van der Waals surface area contributed by atoms with Crippen LogP contribution in [-0.4, -0.2) is 27.3 Å². The fourth-order valence-corrected chi connectivity index (χ4v) is 2.85. The highest BCUT2D eigenvalue weighted by atomic mass is 79.9. The molecule has 0 N–H and O–H groups in total. The van der Waals surface area contributed by atoms with E-state index in [0.717, 1.165) is 18.8 Å². The van der Waals surface area contributed by atoms with Crippen LogP contribution in [0.15, 0.2) is 4.47 Å². The number of halogens is 1. The largest absolute Gasteiger partial charge is 0.295 e. The van der Waals surface area contributed by atoms with E-state index in [1.54, 1.807) is 0 Å². The van der Waals surface area contributed by atoms with E-state index in [1.165, 1.54) is 29.6 Å². The second-order valence-electron chi connectivity index (χ2n) is 4.62. The number of hydrogen-bond acceptors (Lipinski definition) is 2. The summed E-state index contributed by atoms with van der Waals surface area (Å²) in [6.07, 6.45) is 2.66. The van der Waals surface area contributed by atoms with E-state index in [2.05, 4.69) is 51.4 Å². The van der Waals surface area contributed by atoms with Crippen LogP contribution in [0.25, 0.3) is 0 Å². The summed E-state index contributed by atoms with van der Waals surface area (Å²) in [6.45, 7) is 9.73. The lowest BCUT2D eigenvalue weighted by Gasteiger charge is -2.21. The molecule has 90 valence electrons. The Bertz CT molecular complexity index is 373. The molecule has 1 aliphatic rings. The van der Waals surface area contributed by atoms with Crippen molar-refractivity contribution in [1.29, 1.82) is 0 Å². The van der Waals surface area contributed by atoms with Gasteiger partial charge in [0.25, 0.3) is 0 Å². The molecular weight excluding hydrogens is 266 g/mol. The zero-order chi connectivity index (χ0) is 11.7. The van der Waals surface area contributed by atoms with Gasteiger partial charge in [-0.2, -0.15) is 5.10 Å². The second-order valence-corrected chi connectivity index (χ2v) is 5.42. The normalized spacial score (nSPS) is 21.9. The van der Waals surface area contributed by atoms with Gasteiger partial charge in [0.05, 0.1) is 15.9 Å². The van der Waals surface area contributed by atoms with E-state index in [9.17, 15) is 0 Å². The minimum absolute atomic E-state index is 0.715. The van der Waals surface area contributed by atoms with Gasteiger partial charge in [-0.1, -0.05) is 0 Å². The van der Waals surface area contributed by atoms with Crippen LogP contribution in [0.2, 0.25) is 0 Å². The van der Waals surface area contributed by atoms with Gasteiger partial charge in [-0.15, -0.1) is 0 Å². The first-order chi connectivity index (χ1) is 7.63. The summed E-state index contributed by atoms with van der Waals surface area (Å²) in [5.41, 5.74) is 2.43. The lowest BCUT2D eigenvalue weighted by molar-refractivity contribution is 0.251. The molecule has 0 saturated carbocycles. The third-order valence-electron chi connectivity index (χ3n) is 3.50. The van der Waals surface area contributed by atoms with Crippen molar-refractivity contribution in [2.75, 3.05) is 6.54 Å². The van der Waals surface area contributed by atoms with Crippen LogP contribution < -0.4 is 0 Å². The Morgan fingerprint density at radius 2 is 2.25 bits per heavy atom. The summed E-state index contributed by atoms with van der Waals surface area (Å²) >= 11 is 3.66. The van der Waals surface area contributed by atoms with Gasteiger partial charge in [0.2, 0.25) is 0 Å². The average molecular weight is 286 g/mol. The fraction of sp³-hybridized carbons (Fsp3) is 0.750. The van der Waals surface area contributed by atoms with E-state index in [1.807, 2.05) is 0 Å². The van der Waals surface area contributed by atoms with E-state index < -0.39 is 0 Å². The molecule has 4 heteroatoms. The van der Waals surface area contributed by atoms with Crippen molar-refractivity contribution in [2.45, 2.75) is 52.7 Å². The first-order valence-electron chi connectivity index (χ1n) is 6.09. The molecule has 0 amide bonds. The van der Waals surface area contributed by atoms with Crippen molar-refractivity contribution in [3.8, 4) is 0 Å². The molecule has 1 unspecified atom stereocenters. The number of hydrogen-bond donors (Lipinski definition) is 0. The van der Waals surface area contributed by atoms with Crippen LogP contribution in [-0.2, 0) is 13.1 Å². The molecular formula is C12H20BrN3. The Labute approximate surface area is 106 Å². The Kier molecular flexibility index (Phi) is 3.70. The van der Waals surface area contributed by atoms with E-state index >= 15 is 0 Å². The molecule has 1 aliphatic heterocycles. The molecule has 1 saturated heterocycles. The van der Waals surface area contributed by atoms with Gasteiger partial charge in [0.1, 0.15) is 0 Å². The molecule has 1 aromatic heterocycles. The summed E-state index contributed by atoms with van der Waals surface area (Å²) in [6, 6.07) is 0.715. The summed E-state index contributed by atoms with van der Waals surface area (Å²) in [5, 5.41) is 4.54. The van der Waals surface area contributed by atoms with E-state index in [0.29, 0.717) is 6.04 Å². The average Bonchev–Trinajstić information content (AvgIpc) is 2.78. The number of rotatable bonds is 3. The van der Waals surface area contributed by atoms with Gasteiger partial charge in [0, 0.05) is 19.1 Å². The first-order valence-corrected chi connectivity index (χ1v) is 6.88. The third-order valence-corrected chi connectivity index (χ3v) is 4.53. The molecule has 0 bridgehead atoms. The number of nitrogens with zero attached hydrogens (tertiary/aromatic N) is 3. The number of aryl methyl sites for hydroxylation is 2. The van der Waals surface area contributed by atoms with Gasteiger partial charge in [0.15, 0.2) is 0 Å². The topological polar surface area (TPSA) is 21.1 Å². The molecule has 0 spiro atoms. The van der Waals surface area contributed by atoms with Crippen molar-refractivity contribution in [2.24, 2.45) is 0 Å². The SMILES string of the molecule is CCn1nc(C)c(Br)c1CN1CCCC1C. The lowest BCUT2D eigenvalue weighted by atomic mass is 10.2. The maximum atomic E-state index is 4.54. The Hall–Kier alpha value is -0.350. The highest BCUT2D eigenvalue weighted by Gasteiger charge is 2.23. The predicted molar refractivity (Wildman–Crippen MR) is 69.4 cm³/mol. The smallest absolute Gasteiger partial charge is 0.0739 e. The number of likely N-dealkylation sites (tertiary alicyclic amines) is 1. The van der Waals surface area contributed by atoms with Gasteiger partial charge in [-0.3, -0.25) is 9.58 Å². The predicted octanol–water partition coefficient (Wildman–Crippen LogP) is 2.96. The molecule has 1 atom stereocenters. The molecule has 0 aromatic carbocycles. The molecule has 3 nitrogen and oxygen atoms in total. The highest BCUT2D eigenvalue weighted by Crippen LogP contribution is 2.26. The van der Waals surface area contributed by atoms with Crippen LogP contribution in [0.5, 0.6) is 0 Å². The summed E-state index contributed by atoms with van der Waals surface area (Å²) in [4.78, 5) is 2.55. The summed E-state index contributed by atoms with van der Waals surface area (Å²) in [7, 11) is 0. The standard InChI is InChI=1S/C12H20BrN3/c1-4-16-11(12(13)10(3)14-16)8-15-7-5-6-9(15)2/h9H,4-8H2,1-3H3. The van der Waals surface area contributed by atoms with Crippen LogP contribution in [0.3, 0.4) is 0 Å². The van der Waals surface area contributed by atoms with Gasteiger partial charge in [-0.05, 0) is 56.1 Å². The zero-order valence-corrected chi connectivity index (χ0v) is 11.9. The van der Waals surface area contributed by atoms with Gasteiger partial charge >= 0.3 is 0 Å². The third kappa shape index (κ3) is 2.18. The van der Waals surface area contributed by atoms with Gasteiger partial charge in [-0.25, -0.2) is 0 Å². The minimum Gasteiger partial charge on any atom is -0.295 e. The molecule has 0 radical (unpaired) electrons. The van der Waals surface area contributed by atoms with Crippen LogP contribution in [0, 0.1) is 6.92 Å². The maximum absolute atomic E-state index is 4.54. The minimum atomic E-state index is 0.715. The molecule has 2 heterocycles. The van der Waals surface area contributed by atoms with Crippen molar-refractivity contribution < 1.29 is 0 Å². The monoisotopic (exact) mass is 285 g/mol. The Morgan fingerprint density at radius 1 is 1.50 bits per heavy atom. The van der Waals surface area contributed by atoms with E-state index in [-0.39, 0.29) is 0 Å². The molecule has 1 fully saturated rings. The van der Waals surface area contributed by atoms with Crippen LogP contribution in [0.4, 0.5) is 0 Å². The molecule has 1 aromatic rings. The quantitative estimate of drug-likeness (QED) is 0.852. The molecule has 0 aliphatic carbocycles. The Morgan fingerprint density at radius 3 is 2.81 bits per heavy atom. The van der Waals surface area contributed by atoms with Crippen LogP contribution in [0.1, 0.15) is 38.1 Å². The zero-order valence-electron chi connectivity index (χ0n) is 10.3. The van der Waals surface area contributed by atoms with Crippen molar-refractivity contribution in [1.82, 2.24) is 14.7 Å².